The van der Waals surface area contributed by atoms with Gasteiger partial charge < -0.3 is 19.2 Å². The highest BCUT2D eigenvalue weighted by Gasteiger charge is 2.19. The van der Waals surface area contributed by atoms with Crippen LogP contribution in [0.2, 0.25) is 0 Å². The van der Waals surface area contributed by atoms with Gasteiger partial charge in [0.05, 0.1) is 32.2 Å². The van der Waals surface area contributed by atoms with Crippen molar-refractivity contribution in [2.45, 2.75) is 12.8 Å². The molecule has 0 saturated carbocycles. The number of methoxy groups -OCH3 is 3. The molecule has 2 aromatic rings. The third-order valence-corrected chi connectivity index (χ3v) is 3.45. The summed E-state index contributed by atoms with van der Waals surface area (Å²) in [5, 5.41) is 0.929. The van der Waals surface area contributed by atoms with Crippen molar-refractivity contribution in [3.05, 3.63) is 17.7 Å². The van der Waals surface area contributed by atoms with E-state index in [2.05, 4.69) is 23.7 Å². The molecule has 0 saturated heterocycles. The molecule has 0 radical (unpaired) electrons. The van der Waals surface area contributed by atoms with Crippen LogP contribution >= 0.6 is 12.6 Å². The van der Waals surface area contributed by atoms with Gasteiger partial charge in [-0.1, -0.05) is 6.07 Å². The van der Waals surface area contributed by atoms with Crippen molar-refractivity contribution in [2.24, 2.45) is 0 Å². The first-order valence-corrected chi connectivity index (χ1v) is 6.80. The summed E-state index contributed by atoms with van der Waals surface area (Å²) in [6.45, 7) is 0. The van der Waals surface area contributed by atoms with E-state index in [0.717, 1.165) is 40.8 Å². The molecule has 0 aliphatic rings. The van der Waals surface area contributed by atoms with Crippen LogP contribution in [0.1, 0.15) is 12.0 Å². The first kappa shape index (κ1) is 13.9. The predicted molar refractivity (Wildman–Crippen MR) is 80.1 cm³/mol. The smallest absolute Gasteiger partial charge is 0.235 e. The third-order valence-electron chi connectivity index (χ3n) is 3.14. The molecule has 0 amide bonds. The molecule has 2 rings (SSSR count). The van der Waals surface area contributed by atoms with Crippen molar-refractivity contribution in [1.29, 1.82) is 0 Å². The van der Waals surface area contributed by atoms with Gasteiger partial charge >= 0.3 is 0 Å². The normalized spacial score (nSPS) is 10.7. The van der Waals surface area contributed by atoms with E-state index >= 15 is 0 Å². The Morgan fingerprint density at radius 3 is 2.37 bits per heavy atom. The van der Waals surface area contributed by atoms with Gasteiger partial charge in [0.25, 0.3) is 0 Å². The molecule has 0 spiro atoms. The first-order valence-electron chi connectivity index (χ1n) is 6.17. The number of thiol groups is 1. The molecular weight excluding hydrogens is 262 g/mol. The minimum absolute atomic E-state index is 0.613. The molecule has 5 heteroatoms. The Morgan fingerprint density at radius 1 is 1.05 bits per heavy atom. The summed E-state index contributed by atoms with van der Waals surface area (Å²) in [5.74, 6) is 2.99. The average molecular weight is 281 g/mol. The maximum absolute atomic E-state index is 5.58. The zero-order valence-electron chi connectivity index (χ0n) is 11.4. The van der Waals surface area contributed by atoms with E-state index in [0.29, 0.717) is 11.6 Å². The fourth-order valence-corrected chi connectivity index (χ4v) is 2.44. The molecule has 0 aliphatic heterocycles. The van der Waals surface area contributed by atoms with Crippen LogP contribution in [0.4, 0.5) is 0 Å². The highest BCUT2D eigenvalue weighted by atomic mass is 32.1. The largest absolute Gasteiger partial charge is 0.496 e. The molecule has 0 fully saturated rings. The van der Waals surface area contributed by atoms with Crippen LogP contribution in [-0.4, -0.2) is 32.1 Å². The second-order valence-corrected chi connectivity index (χ2v) is 4.65. The minimum atomic E-state index is 0.613. The summed E-state index contributed by atoms with van der Waals surface area (Å²) >= 11 is 4.25. The van der Waals surface area contributed by atoms with Gasteiger partial charge in [-0.25, -0.2) is 0 Å². The van der Waals surface area contributed by atoms with Gasteiger partial charge in [0.1, 0.15) is 5.75 Å². The van der Waals surface area contributed by atoms with E-state index in [1.54, 1.807) is 21.3 Å². The average Bonchev–Trinajstić information content (AvgIpc) is 2.81. The molecule has 1 N–H and O–H groups in total. The van der Waals surface area contributed by atoms with Crippen LogP contribution < -0.4 is 14.2 Å². The number of H-pyrrole nitrogens is 1. The summed E-state index contributed by atoms with van der Waals surface area (Å²) in [5.41, 5.74) is 2.10. The summed E-state index contributed by atoms with van der Waals surface area (Å²) in [6, 6.07) is 4.09. The van der Waals surface area contributed by atoms with Gasteiger partial charge in [-0.05, 0) is 30.2 Å². The molecule has 0 unspecified atom stereocenters. The van der Waals surface area contributed by atoms with Crippen molar-refractivity contribution in [2.75, 3.05) is 27.1 Å². The van der Waals surface area contributed by atoms with E-state index in [4.69, 9.17) is 14.2 Å². The fraction of sp³-hybridized carbons (Fsp3) is 0.429. The standard InChI is InChI=1S/C14H19NO3S/c1-16-12-9(5-4-8-19)6-7-10-11(12)13(17-2)14(15-10)18-3/h6-7,15,19H,4-5,8H2,1-3H3. The van der Waals surface area contributed by atoms with Gasteiger partial charge in [-0.2, -0.15) is 12.6 Å². The number of aryl methyl sites for hydroxylation is 1. The maximum atomic E-state index is 5.58. The van der Waals surface area contributed by atoms with E-state index in [1.165, 1.54) is 0 Å². The van der Waals surface area contributed by atoms with Crippen LogP contribution in [-0.2, 0) is 6.42 Å². The van der Waals surface area contributed by atoms with Crippen molar-refractivity contribution < 1.29 is 14.2 Å². The van der Waals surface area contributed by atoms with Crippen LogP contribution in [0.25, 0.3) is 10.9 Å². The second-order valence-electron chi connectivity index (χ2n) is 4.20. The Hall–Kier alpha value is -1.49. The maximum Gasteiger partial charge on any atom is 0.235 e. The quantitative estimate of drug-likeness (QED) is 0.800. The third kappa shape index (κ3) is 2.47. The zero-order chi connectivity index (χ0) is 13.8. The molecular formula is C14H19NO3S. The Labute approximate surface area is 118 Å². The number of aromatic nitrogens is 1. The molecule has 4 nitrogen and oxygen atoms in total. The first-order chi connectivity index (χ1) is 9.26. The number of benzene rings is 1. The summed E-state index contributed by atoms with van der Waals surface area (Å²) in [6.07, 6.45) is 1.94. The highest BCUT2D eigenvalue weighted by Crippen LogP contribution is 2.42. The Bertz CT molecular complexity index is 565. The summed E-state index contributed by atoms with van der Waals surface area (Å²) in [7, 11) is 4.92. The Morgan fingerprint density at radius 2 is 1.79 bits per heavy atom. The van der Waals surface area contributed by atoms with Gasteiger partial charge in [0, 0.05) is 0 Å². The number of rotatable bonds is 6. The lowest BCUT2D eigenvalue weighted by molar-refractivity contribution is 0.349. The fourth-order valence-electron chi connectivity index (χ4n) is 2.29. The van der Waals surface area contributed by atoms with E-state index in [9.17, 15) is 0 Å². The van der Waals surface area contributed by atoms with Crippen molar-refractivity contribution in [1.82, 2.24) is 4.98 Å². The Kier molecular flexibility index (Phi) is 4.47. The highest BCUT2D eigenvalue weighted by molar-refractivity contribution is 7.80. The van der Waals surface area contributed by atoms with E-state index in [1.807, 2.05) is 6.07 Å². The second kappa shape index (κ2) is 6.10. The van der Waals surface area contributed by atoms with E-state index in [-0.39, 0.29) is 0 Å². The number of ether oxygens (including phenoxy) is 3. The van der Waals surface area contributed by atoms with Crippen LogP contribution in [0, 0.1) is 0 Å². The lowest BCUT2D eigenvalue weighted by Crippen LogP contribution is -1.95. The molecule has 104 valence electrons. The molecule has 1 aromatic heterocycles. The SMILES string of the molecule is COc1[nH]c2ccc(CCCS)c(OC)c2c1OC. The van der Waals surface area contributed by atoms with Gasteiger partial charge in [-0.3, -0.25) is 0 Å². The lowest BCUT2D eigenvalue weighted by Gasteiger charge is -2.10. The topological polar surface area (TPSA) is 43.5 Å². The molecule has 1 heterocycles. The van der Waals surface area contributed by atoms with Crippen LogP contribution in [0.15, 0.2) is 12.1 Å². The molecule has 0 atom stereocenters. The monoisotopic (exact) mass is 281 g/mol. The predicted octanol–water partition coefficient (Wildman–Crippen LogP) is 3.06. The number of hydrogen-bond acceptors (Lipinski definition) is 4. The number of aromatic amines is 1. The minimum Gasteiger partial charge on any atom is -0.496 e. The molecule has 0 bridgehead atoms. The van der Waals surface area contributed by atoms with Gasteiger partial charge in [0.15, 0.2) is 5.75 Å². The van der Waals surface area contributed by atoms with Crippen LogP contribution in [0.3, 0.4) is 0 Å². The molecule has 19 heavy (non-hydrogen) atoms. The number of hydrogen-bond donors (Lipinski definition) is 2. The van der Waals surface area contributed by atoms with Crippen LogP contribution in [0.5, 0.6) is 17.4 Å². The molecule has 0 aliphatic carbocycles. The van der Waals surface area contributed by atoms with Crippen molar-refractivity contribution in [3.63, 3.8) is 0 Å². The number of nitrogens with one attached hydrogen (secondary N) is 1. The summed E-state index contributed by atoms with van der Waals surface area (Å²) < 4.78 is 16.3. The molecule has 1 aromatic carbocycles. The Balaban J connectivity index is 2.62. The van der Waals surface area contributed by atoms with Crippen molar-refractivity contribution in [3.8, 4) is 17.4 Å². The lowest BCUT2D eigenvalue weighted by atomic mass is 10.1. The summed E-state index contributed by atoms with van der Waals surface area (Å²) in [4.78, 5) is 3.18. The van der Waals surface area contributed by atoms with Crippen molar-refractivity contribution >= 4 is 23.5 Å². The van der Waals surface area contributed by atoms with E-state index < -0.39 is 0 Å². The zero-order valence-corrected chi connectivity index (χ0v) is 12.3. The van der Waals surface area contributed by atoms with Gasteiger partial charge in [0.2, 0.25) is 5.88 Å². The van der Waals surface area contributed by atoms with Gasteiger partial charge in [-0.15, -0.1) is 0 Å². The number of fused-ring (bicyclic) bond motifs is 1.